The number of nitrogens with zero attached hydrogens (tertiary/aromatic N) is 9. The van der Waals surface area contributed by atoms with Gasteiger partial charge in [0.1, 0.15) is 0 Å². The molecule has 9 heteroatoms. The van der Waals surface area contributed by atoms with Crippen molar-refractivity contribution in [2.24, 2.45) is 0 Å². The van der Waals surface area contributed by atoms with Crippen molar-refractivity contribution in [1.29, 1.82) is 0 Å². The van der Waals surface area contributed by atoms with Gasteiger partial charge in [0, 0.05) is 94.0 Å². The molecule has 18 rings (SSSR count). The molecule has 9 nitrogen and oxygen atoms in total. The highest BCUT2D eigenvalue weighted by atomic mass is 15.3. The third kappa shape index (κ3) is 17.4. The van der Waals surface area contributed by atoms with Crippen LogP contribution in [0.25, 0.3) is 45.9 Å². The van der Waals surface area contributed by atoms with E-state index < -0.39 is 0 Å². The Kier molecular flexibility index (Phi) is 22.8. The summed E-state index contributed by atoms with van der Waals surface area (Å²) in [7, 11) is 2.16. The van der Waals surface area contributed by atoms with Crippen molar-refractivity contribution >= 4 is 74.7 Å². The Labute approximate surface area is 619 Å². The predicted molar refractivity (Wildman–Crippen MR) is 441 cm³/mol. The van der Waals surface area contributed by atoms with E-state index in [0.717, 1.165) is 58.1 Å². The van der Waals surface area contributed by atoms with Crippen LogP contribution in [0.5, 0.6) is 0 Å². The van der Waals surface area contributed by atoms with Gasteiger partial charge in [0.2, 0.25) is 0 Å². The first-order valence-electron chi connectivity index (χ1n) is 35.7. The molecule has 0 saturated heterocycles. The first-order valence-corrected chi connectivity index (χ1v) is 35.7. The monoisotopic (exact) mass is 1360 g/mol. The molecule has 0 bridgehead atoms. The molecule has 0 saturated carbocycles. The van der Waals surface area contributed by atoms with Crippen molar-refractivity contribution in [3.8, 4) is 33.8 Å². The van der Waals surface area contributed by atoms with Crippen LogP contribution in [0.15, 0.2) is 352 Å². The van der Waals surface area contributed by atoms with Gasteiger partial charge >= 0.3 is 0 Å². The standard InChI is InChI=1S/C25H20N2.C21H17N.C16H17N.C12H11N.2C11H10N2/c1-19-16-17-24-25(18-19)27(21-12-6-3-7-13-21)23-15-9-8-14-22(23)26(24)20-10-4-2-5-11-20;1-16-11-14-21-18(15-16)13-12-17-7-5-6-10-20(17)22(21)19-8-3-2-4-9-19;1-12-7-10-16-14(11-12)9-8-13-5-3-4-6-15(13)17(16)2;1-10-6-5-9-12(13-10)11-7-3-2-4-8-11;1-9-4-2-6-11(13-9)10-5-3-7-12-8-10;1-9-3-2-4-11(13-9)10-5-7-12-8-6-10/h2-18H,1H3;2-15H,1H3;3-7,10-11H,8-9H2,1-2H3;2-9H,1H3;2*2-8H,1H3. The number of pyridine rings is 5. The van der Waals surface area contributed by atoms with E-state index in [1.165, 1.54) is 107 Å². The maximum absolute atomic E-state index is 4.44. The average Bonchev–Trinajstić information content (AvgIpc) is 1.20. The van der Waals surface area contributed by atoms with Crippen LogP contribution in [-0.2, 0) is 12.8 Å². The minimum absolute atomic E-state index is 0.980. The fraction of sp³-hybridized carbons (Fsp3) is 0.0938. The van der Waals surface area contributed by atoms with Crippen LogP contribution in [0.3, 0.4) is 0 Å². The van der Waals surface area contributed by atoms with Gasteiger partial charge in [-0.05, 0) is 234 Å². The van der Waals surface area contributed by atoms with Crippen molar-refractivity contribution in [3.05, 3.63) is 408 Å². The summed E-state index contributed by atoms with van der Waals surface area (Å²) in [4.78, 5) is 30.6. The third-order valence-electron chi connectivity index (χ3n) is 18.3. The molecule has 0 aliphatic carbocycles. The molecule has 0 unspecified atom stereocenters. The SMILES string of the molecule is Cc1ccc2c(c1)C=Cc1ccccc1N2c1ccccc1.Cc1ccc2c(c1)CCc1ccccc1N2C.Cc1ccc2c(c1)N(c1ccccc1)c1ccccc1N2c1ccccc1.Cc1cccc(-c2ccccc2)n1.Cc1cccc(-c2cccnc2)n1.Cc1cccc(-c2ccncc2)n1. The Morgan fingerprint density at radius 2 is 0.648 bits per heavy atom. The first kappa shape index (κ1) is 70.3. The first-order chi connectivity index (χ1) is 51.5. The molecule has 10 aromatic carbocycles. The van der Waals surface area contributed by atoms with Gasteiger partial charge in [-0.1, -0.05) is 199 Å². The van der Waals surface area contributed by atoms with Gasteiger partial charge in [-0.3, -0.25) is 24.9 Å². The van der Waals surface area contributed by atoms with Gasteiger partial charge in [0.05, 0.1) is 51.2 Å². The van der Waals surface area contributed by atoms with Crippen LogP contribution in [-0.4, -0.2) is 32.0 Å². The predicted octanol–water partition coefficient (Wildman–Crippen LogP) is 25.0. The number of aromatic nitrogens is 5. The van der Waals surface area contributed by atoms with E-state index in [-0.39, 0.29) is 0 Å². The molecule has 514 valence electrons. The molecular weight excluding hydrogens is 1280 g/mol. The van der Waals surface area contributed by atoms with Crippen LogP contribution in [0.2, 0.25) is 0 Å². The molecule has 0 radical (unpaired) electrons. The number of para-hydroxylation sites is 7. The average molecular weight is 1360 g/mol. The van der Waals surface area contributed by atoms with Gasteiger partial charge in [-0.25, -0.2) is 0 Å². The minimum atomic E-state index is 0.980. The third-order valence-corrected chi connectivity index (χ3v) is 18.3. The van der Waals surface area contributed by atoms with Gasteiger partial charge in [0.15, 0.2) is 0 Å². The van der Waals surface area contributed by atoms with E-state index in [9.17, 15) is 0 Å². The summed E-state index contributed by atoms with van der Waals surface area (Å²) in [6, 6.07) is 114. The summed E-state index contributed by atoms with van der Waals surface area (Å²) < 4.78 is 0. The van der Waals surface area contributed by atoms with Crippen LogP contribution in [0, 0.1) is 41.5 Å². The molecule has 3 aliphatic heterocycles. The van der Waals surface area contributed by atoms with Crippen LogP contribution >= 0.6 is 0 Å². The van der Waals surface area contributed by atoms with E-state index >= 15 is 0 Å². The summed E-state index contributed by atoms with van der Waals surface area (Å²) in [6.45, 7) is 12.4. The van der Waals surface area contributed by atoms with Crippen molar-refractivity contribution in [3.63, 3.8) is 0 Å². The van der Waals surface area contributed by atoms with E-state index in [2.05, 4.69) is 315 Å². The summed E-state index contributed by atoms with van der Waals surface area (Å²) in [5.74, 6) is 0. The summed E-state index contributed by atoms with van der Waals surface area (Å²) in [5, 5.41) is 0. The number of fused-ring (bicyclic) bond motifs is 6. The largest absolute Gasteiger partial charge is 0.344 e. The van der Waals surface area contributed by atoms with Crippen LogP contribution < -0.4 is 19.6 Å². The van der Waals surface area contributed by atoms with Crippen molar-refractivity contribution in [2.75, 3.05) is 26.6 Å². The molecular formula is C96H85N9. The molecule has 5 aromatic heterocycles. The highest BCUT2D eigenvalue weighted by Gasteiger charge is 2.30. The Morgan fingerprint density at radius 3 is 1.20 bits per heavy atom. The second-order valence-corrected chi connectivity index (χ2v) is 26.1. The summed E-state index contributed by atoms with van der Waals surface area (Å²) >= 11 is 0. The minimum Gasteiger partial charge on any atom is -0.344 e. The topological polar surface area (TPSA) is 77.4 Å². The van der Waals surface area contributed by atoms with E-state index in [4.69, 9.17) is 0 Å². The van der Waals surface area contributed by atoms with Gasteiger partial charge in [0.25, 0.3) is 0 Å². The lowest BCUT2D eigenvalue weighted by atomic mass is 10.0. The van der Waals surface area contributed by atoms with Gasteiger partial charge in [-0.2, -0.15) is 0 Å². The normalized spacial score (nSPS) is 11.8. The molecule has 15 aromatic rings. The number of hydrogen-bond donors (Lipinski definition) is 0. The molecule has 105 heavy (non-hydrogen) atoms. The Bertz CT molecular complexity index is 5170. The second kappa shape index (κ2) is 34.0. The molecule has 0 amide bonds. The fourth-order valence-corrected chi connectivity index (χ4v) is 13.3. The molecule has 0 spiro atoms. The zero-order valence-electron chi connectivity index (χ0n) is 60.6. The lowest BCUT2D eigenvalue weighted by molar-refractivity contribution is 0.975. The van der Waals surface area contributed by atoms with E-state index in [0.29, 0.717) is 0 Å². The number of hydrogen-bond acceptors (Lipinski definition) is 9. The molecule has 0 fully saturated rings. The zero-order valence-corrected chi connectivity index (χ0v) is 60.6. The lowest BCUT2D eigenvalue weighted by Gasteiger charge is -2.40. The van der Waals surface area contributed by atoms with Crippen molar-refractivity contribution in [1.82, 2.24) is 24.9 Å². The van der Waals surface area contributed by atoms with Crippen molar-refractivity contribution < 1.29 is 0 Å². The lowest BCUT2D eigenvalue weighted by Crippen LogP contribution is -2.24. The number of aryl methyl sites for hydroxylation is 8. The maximum atomic E-state index is 4.44. The van der Waals surface area contributed by atoms with Crippen LogP contribution in [0.4, 0.5) is 62.6 Å². The Hall–Kier alpha value is -13.1. The fourth-order valence-electron chi connectivity index (χ4n) is 13.3. The second-order valence-electron chi connectivity index (χ2n) is 26.1. The van der Waals surface area contributed by atoms with E-state index in [1.807, 2.05) is 124 Å². The highest BCUT2D eigenvalue weighted by molar-refractivity contribution is 6.01. The highest BCUT2D eigenvalue weighted by Crippen LogP contribution is 2.54. The maximum Gasteiger partial charge on any atom is 0.0720 e. The van der Waals surface area contributed by atoms with Crippen LogP contribution in [0.1, 0.15) is 56.0 Å². The molecule has 0 atom stereocenters. The smallest absolute Gasteiger partial charge is 0.0720 e. The zero-order chi connectivity index (χ0) is 72.3. The molecule has 3 aliphatic rings. The van der Waals surface area contributed by atoms with E-state index in [1.54, 1.807) is 18.6 Å². The molecule has 8 heterocycles. The number of anilines is 11. The van der Waals surface area contributed by atoms with Crippen molar-refractivity contribution in [2.45, 2.75) is 54.4 Å². The summed E-state index contributed by atoms with van der Waals surface area (Å²) in [5.41, 5.74) is 32.2. The molecule has 0 N–H and O–H groups in total. The quantitative estimate of drug-likeness (QED) is 0.162. The number of benzene rings is 10. The number of rotatable bonds is 6. The summed E-state index contributed by atoms with van der Waals surface area (Å²) in [6.07, 6.45) is 13.8. The van der Waals surface area contributed by atoms with Gasteiger partial charge < -0.3 is 19.6 Å². The van der Waals surface area contributed by atoms with Gasteiger partial charge in [-0.15, -0.1) is 0 Å². The Balaban J connectivity index is 0.000000115. The Morgan fingerprint density at radius 1 is 0.257 bits per heavy atom.